The van der Waals surface area contributed by atoms with Gasteiger partial charge in [0.15, 0.2) is 0 Å². The molecule has 1 atom stereocenters. The molecular weight excluding hydrogens is 284 g/mol. The van der Waals surface area contributed by atoms with Gasteiger partial charge in [0, 0.05) is 5.56 Å². The monoisotopic (exact) mass is 304 g/mol. The molecule has 118 valence electrons. The van der Waals surface area contributed by atoms with Crippen molar-refractivity contribution in [1.82, 2.24) is 5.43 Å². The van der Waals surface area contributed by atoms with Crippen molar-refractivity contribution in [2.75, 3.05) is 13.7 Å². The molecular formula is C16H20N2O4. The number of esters is 1. The number of nitrogens with zero attached hydrogens (tertiary/aromatic N) is 1. The molecule has 0 heterocycles. The number of nitrogens with one attached hydrogen (secondary N) is 1. The first kappa shape index (κ1) is 16.0. The van der Waals surface area contributed by atoms with Gasteiger partial charge in [0.05, 0.1) is 25.3 Å². The van der Waals surface area contributed by atoms with Crippen LogP contribution in [0, 0.1) is 5.92 Å². The number of carbonyl (C=O) groups excluding carboxylic acids is 2. The van der Waals surface area contributed by atoms with Crippen molar-refractivity contribution in [2.24, 2.45) is 11.0 Å². The lowest BCUT2D eigenvalue weighted by Gasteiger charge is -2.10. The van der Waals surface area contributed by atoms with Crippen molar-refractivity contribution in [2.45, 2.75) is 26.2 Å². The van der Waals surface area contributed by atoms with Gasteiger partial charge in [-0.3, -0.25) is 9.59 Å². The Balaban J connectivity index is 2.00. The van der Waals surface area contributed by atoms with Gasteiger partial charge in [-0.1, -0.05) is 0 Å². The number of hydrogen-bond acceptors (Lipinski definition) is 5. The molecule has 1 aliphatic rings. The van der Waals surface area contributed by atoms with Crippen molar-refractivity contribution < 1.29 is 19.1 Å². The molecule has 1 amide bonds. The van der Waals surface area contributed by atoms with Gasteiger partial charge in [0.2, 0.25) is 0 Å². The number of benzene rings is 1. The van der Waals surface area contributed by atoms with E-state index in [1.165, 1.54) is 0 Å². The summed E-state index contributed by atoms with van der Waals surface area (Å²) < 4.78 is 10.1. The van der Waals surface area contributed by atoms with Gasteiger partial charge in [-0.05, 0) is 50.5 Å². The van der Waals surface area contributed by atoms with E-state index in [-0.39, 0.29) is 17.8 Å². The number of rotatable bonds is 5. The SMILES string of the molecule is CCOC(=O)[C@@H]1CCC/C1=N\NC(=O)c1ccc(OC)cc1. The number of amides is 1. The highest BCUT2D eigenvalue weighted by atomic mass is 16.5. The van der Waals surface area contributed by atoms with Crippen molar-refractivity contribution >= 4 is 17.6 Å². The number of hydrazone groups is 1. The molecule has 1 aliphatic carbocycles. The Morgan fingerprint density at radius 1 is 1.32 bits per heavy atom. The Morgan fingerprint density at radius 3 is 2.68 bits per heavy atom. The molecule has 1 aromatic carbocycles. The lowest BCUT2D eigenvalue weighted by atomic mass is 10.1. The Bertz CT molecular complexity index is 566. The predicted octanol–water partition coefficient (Wildman–Crippen LogP) is 2.14. The van der Waals surface area contributed by atoms with Crippen LogP contribution >= 0.6 is 0 Å². The van der Waals surface area contributed by atoms with Gasteiger partial charge in [0.1, 0.15) is 5.75 Å². The molecule has 6 heteroatoms. The van der Waals surface area contributed by atoms with Gasteiger partial charge >= 0.3 is 5.97 Å². The largest absolute Gasteiger partial charge is 0.497 e. The van der Waals surface area contributed by atoms with E-state index < -0.39 is 0 Å². The summed E-state index contributed by atoms with van der Waals surface area (Å²) in [7, 11) is 1.57. The zero-order valence-corrected chi connectivity index (χ0v) is 12.8. The zero-order chi connectivity index (χ0) is 15.9. The van der Waals surface area contributed by atoms with Crippen LogP contribution < -0.4 is 10.2 Å². The van der Waals surface area contributed by atoms with E-state index >= 15 is 0 Å². The molecule has 0 aromatic heterocycles. The summed E-state index contributed by atoms with van der Waals surface area (Å²) in [6, 6.07) is 6.73. The Kier molecular flexibility index (Phi) is 5.52. The Labute approximate surface area is 129 Å². The molecule has 1 N–H and O–H groups in total. The van der Waals surface area contributed by atoms with Gasteiger partial charge in [0.25, 0.3) is 5.91 Å². The maximum absolute atomic E-state index is 12.0. The summed E-state index contributed by atoms with van der Waals surface area (Å²) in [5.74, 6) is -0.237. The third-order valence-corrected chi connectivity index (χ3v) is 3.55. The van der Waals surface area contributed by atoms with E-state index in [4.69, 9.17) is 9.47 Å². The Morgan fingerprint density at radius 2 is 2.05 bits per heavy atom. The molecule has 1 saturated carbocycles. The molecule has 0 bridgehead atoms. The van der Waals surface area contributed by atoms with E-state index in [1.54, 1.807) is 38.3 Å². The highest BCUT2D eigenvalue weighted by molar-refractivity contribution is 6.04. The average molecular weight is 304 g/mol. The standard InChI is InChI=1S/C16H20N2O4/c1-3-22-16(20)13-5-4-6-14(13)17-18-15(19)11-7-9-12(21-2)10-8-11/h7-10,13H,3-6H2,1-2H3,(H,18,19)/b17-14+/t13-/m1/s1. The lowest BCUT2D eigenvalue weighted by Crippen LogP contribution is -2.25. The second kappa shape index (κ2) is 7.59. The molecule has 0 radical (unpaired) electrons. The number of hydrogen-bond donors (Lipinski definition) is 1. The van der Waals surface area contributed by atoms with Crippen LogP contribution in [0.15, 0.2) is 29.4 Å². The molecule has 0 spiro atoms. The normalized spacial score (nSPS) is 19.0. The highest BCUT2D eigenvalue weighted by Gasteiger charge is 2.30. The third-order valence-electron chi connectivity index (χ3n) is 3.55. The van der Waals surface area contributed by atoms with E-state index in [2.05, 4.69) is 10.5 Å². The first-order chi connectivity index (χ1) is 10.7. The summed E-state index contributed by atoms with van der Waals surface area (Å²) in [4.78, 5) is 23.8. The lowest BCUT2D eigenvalue weighted by molar-refractivity contribution is -0.145. The van der Waals surface area contributed by atoms with Crippen molar-refractivity contribution in [1.29, 1.82) is 0 Å². The fourth-order valence-corrected chi connectivity index (χ4v) is 2.39. The van der Waals surface area contributed by atoms with Gasteiger partial charge in [-0.2, -0.15) is 5.10 Å². The van der Waals surface area contributed by atoms with Crippen LogP contribution in [0.25, 0.3) is 0 Å². The minimum Gasteiger partial charge on any atom is -0.497 e. The fraction of sp³-hybridized carbons (Fsp3) is 0.438. The van der Waals surface area contributed by atoms with Crippen LogP contribution in [-0.2, 0) is 9.53 Å². The summed E-state index contributed by atoms with van der Waals surface area (Å²) >= 11 is 0. The Hall–Kier alpha value is -2.37. The van der Waals surface area contributed by atoms with Crippen molar-refractivity contribution in [3.05, 3.63) is 29.8 Å². The smallest absolute Gasteiger partial charge is 0.314 e. The van der Waals surface area contributed by atoms with Gasteiger partial charge in [-0.25, -0.2) is 5.43 Å². The number of ether oxygens (including phenoxy) is 2. The summed E-state index contributed by atoms with van der Waals surface area (Å²) in [5, 5.41) is 4.11. The molecule has 1 fully saturated rings. The van der Waals surface area contributed by atoms with Crippen LogP contribution in [0.5, 0.6) is 5.75 Å². The first-order valence-corrected chi connectivity index (χ1v) is 7.33. The van der Waals surface area contributed by atoms with Crippen LogP contribution in [0.2, 0.25) is 0 Å². The average Bonchev–Trinajstić information content (AvgIpc) is 3.01. The summed E-state index contributed by atoms with van der Waals surface area (Å²) in [5.41, 5.74) is 3.67. The minimum absolute atomic E-state index is 0.266. The maximum atomic E-state index is 12.0. The topological polar surface area (TPSA) is 77.0 Å². The zero-order valence-electron chi connectivity index (χ0n) is 12.8. The van der Waals surface area contributed by atoms with Gasteiger partial charge in [-0.15, -0.1) is 0 Å². The molecule has 6 nitrogen and oxygen atoms in total. The highest BCUT2D eigenvalue weighted by Crippen LogP contribution is 2.23. The molecule has 22 heavy (non-hydrogen) atoms. The van der Waals surface area contributed by atoms with E-state index in [1.807, 2.05) is 0 Å². The fourth-order valence-electron chi connectivity index (χ4n) is 2.39. The van der Waals surface area contributed by atoms with E-state index in [0.717, 1.165) is 12.8 Å². The van der Waals surface area contributed by atoms with E-state index in [0.29, 0.717) is 30.1 Å². The first-order valence-electron chi connectivity index (χ1n) is 7.33. The van der Waals surface area contributed by atoms with Crippen LogP contribution in [0.1, 0.15) is 36.5 Å². The van der Waals surface area contributed by atoms with E-state index in [9.17, 15) is 9.59 Å². The molecule has 2 rings (SSSR count). The predicted molar refractivity (Wildman–Crippen MR) is 81.9 cm³/mol. The third kappa shape index (κ3) is 3.84. The van der Waals surface area contributed by atoms with Crippen LogP contribution in [0.4, 0.5) is 0 Å². The second-order valence-corrected chi connectivity index (χ2v) is 4.97. The molecule has 0 unspecified atom stereocenters. The second-order valence-electron chi connectivity index (χ2n) is 4.97. The number of methoxy groups -OCH3 is 1. The number of carbonyl (C=O) groups is 2. The summed E-state index contributed by atoms with van der Waals surface area (Å²) in [6.45, 7) is 2.12. The van der Waals surface area contributed by atoms with Crippen molar-refractivity contribution in [3.63, 3.8) is 0 Å². The van der Waals surface area contributed by atoms with Crippen LogP contribution in [-0.4, -0.2) is 31.3 Å². The quantitative estimate of drug-likeness (QED) is 0.668. The minimum atomic E-state index is -0.337. The van der Waals surface area contributed by atoms with Crippen LogP contribution in [0.3, 0.4) is 0 Å². The molecule has 1 aromatic rings. The molecule has 0 saturated heterocycles. The molecule has 0 aliphatic heterocycles. The van der Waals surface area contributed by atoms with Gasteiger partial charge < -0.3 is 9.47 Å². The van der Waals surface area contributed by atoms with Crippen molar-refractivity contribution in [3.8, 4) is 5.75 Å². The summed E-state index contributed by atoms with van der Waals surface area (Å²) in [6.07, 6.45) is 2.29. The maximum Gasteiger partial charge on any atom is 0.314 e.